The molecule has 0 heterocycles. The Labute approximate surface area is 91.3 Å². The Hall–Kier alpha value is -0.243. The molecule has 0 N–H and O–H groups in total. The van der Waals surface area contributed by atoms with Gasteiger partial charge in [-0.25, -0.2) is 0 Å². The van der Waals surface area contributed by atoms with Gasteiger partial charge in [0, 0.05) is 0 Å². The van der Waals surface area contributed by atoms with Gasteiger partial charge in [-0.2, -0.15) is 0 Å². The number of rotatable bonds is 6. The fraction of sp³-hybridized carbons (Fsp3) is 0.833. The Morgan fingerprint density at radius 3 is 2.29 bits per heavy atom. The first-order valence-electron chi connectivity index (χ1n) is 5.72. The highest BCUT2D eigenvalue weighted by atomic mass is 28.3. The third-order valence-corrected chi connectivity index (χ3v) is 2.70. The quantitative estimate of drug-likeness (QED) is 0.367. The Morgan fingerprint density at radius 1 is 1.14 bits per heavy atom. The second-order valence-electron chi connectivity index (χ2n) is 5.36. The first-order valence-corrected chi connectivity index (χ1v) is 8.50. The van der Waals surface area contributed by atoms with Gasteiger partial charge in [-0.1, -0.05) is 33.3 Å². The average Bonchev–Trinajstić information content (AvgIpc) is 2.00. The molecule has 0 rings (SSSR count). The molecule has 0 bridgehead atoms. The lowest BCUT2D eigenvalue weighted by Gasteiger charge is -2.17. The molecule has 0 aliphatic carbocycles. The van der Waals surface area contributed by atoms with Crippen LogP contribution in [0, 0.1) is 5.41 Å². The van der Waals surface area contributed by atoms with E-state index in [0.717, 1.165) is 6.42 Å². The highest BCUT2D eigenvalue weighted by molar-refractivity contribution is 6.48. The van der Waals surface area contributed by atoms with E-state index in [9.17, 15) is 0 Å². The van der Waals surface area contributed by atoms with Gasteiger partial charge in [-0.3, -0.25) is 0 Å². The molecular formula is C12H26OSi. The summed E-state index contributed by atoms with van der Waals surface area (Å²) in [5.74, 6) is 0. The number of unbranched alkanes of at least 4 members (excludes halogenated alkanes) is 2. The fourth-order valence-electron chi connectivity index (χ4n) is 1.20. The van der Waals surface area contributed by atoms with Crippen LogP contribution in [-0.2, 0) is 4.43 Å². The first-order chi connectivity index (χ1) is 6.42. The smallest absolute Gasteiger partial charge is 0.228 e. The zero-order valence-electron chi connectivity index (χ0n) is 10.5. The molecule has 14 heavy (non-hydrogen) atoms. The van der Waals surface area contributed by atoms with E-state index in [-0.39, 0.29) is 0 Å². The first kappa shape index (κ1) is 13.8. The van der Waals surface area contributed by atoms with E-state index < -0.39 is 9.04 Å². The Morgan fingerprint density at radius 2 is 1.79 bits per heavy atom. The second-order valence-corrected chi connectivity index (χ2v) is 7.73. The third-order valence-electron chi connectivity index (χ3n) is 1.99. The van der Waals surface area contributed by atoms with Crippen LogP contribution in [-0.4, -0.2) is 9.04 Å². The predicted molar refractivity (Wildman–Crippen MR) is 67.0 cm³/mol. The van der Waals surface area contributed by atoms with E-state index in [1.54, 1.807) is 0 Å². The largest absolute Gasteiger partial charge is 0.553 e. The molecule has 0 aliphatic rings. The van der Waals surface area contributed by atoms with Crippen molar-refractivity contribution in [3.63, 3.8) is 0 Å². The topological polar surface area (TPSA) is 9.23 Å². The fourth-order valence-corrected chi connectivity index (χ4v) is 1.62. The van der Waals surface area contributed by atoms with Crippen LogP contribution in [0.1, 0.15) is 46.5 Å². The van der Waals surface area contributed by atoms with E-state index >= 15 is 0 Å². The molecule has 2 heteroatoms. The SMILES string of the molecule is C[SiH](C)OC=CCCCCC(C)(C)C. The third kappa shape index (κ3) is 11.8. The molecule has 0 aromatic heterocycles. The maximum absolute atomic E-state index is 5.45. The maximum atomic E-state index is 5.45. The lowest BCUT2D eigenvalue weighted by atomic mass is 9.89. The van der Waals surface area contributed by atoms with E-state index in [0.29, 0.717) is 5.41 Å². The molecule has 1 nitrogen and oxygen atoms in total. The van der Waals surface area contributed by atoms with Crippen LogP contribution in [0.25, 0.3) is 0 Å². The van der Waals surface area contributed by atoms with Gasteiger partial charge < -0.3 is 4.43 Å². The summed E-state index contributed by atoms with van der Waals surface area (Å²) >= 11 is 0. The van der Waals surface area contributed by atoms with Crippen molar-refractivity contribution in [2.45, 2.75) is 59.5 Å². The summed E-state index contributed by atoms with van der Waals surface area (Å²) < 4.78 is 5.45. The number of hydrogen-bond acceptors (Lipinski definition) is 1. The summed E-state index contributed by atoms with van der Waals surface area (Å²) in [6, 6.07) is 0. The van der Waals surface area contributed by atoms with Crippen molar-refractivity contribution < 1.29 is 4.43 Å². The minimum atomic E-state index is -0.844. The minimum absolute atomic E-state index is 0.491. The van der Waals surface area contributed by atoms with Crippen molar-refractivity contribution in [2.75, 3.05) is 0 Å². The lowest BCUT2D eigenvalue weighted by molar-refractivity contribution is 0.360. The summed E-state index contributed by atoms with van der Waals surface area (Å²) in [6.45, 7) is 11.3. The molecule has 0 aliphatic heterocycles. The number of hydrogen-bond donors (Lipinski definition) is 0. The van der Waals surface area contributed by atoms with Crippen LogP contribution in [0.15, 0.2) is 12.3 Å². The molecule has 0 saturated heterocycles. The van der Waals surface area contributed by atoms with Gasteiger partial charge in [0.25, 0.3) is 0 Å². The van der Waals surface area contributed by atoms with E-state index in [2.05, 4.69) is 39.9 Å². The molecule has 0 aromatic rings. The van der Waals surface area contributed by atoms with Crippen molar-refractivity contribution >= 4 is 9.04 Å². The molecule has 0 spiro atoms. The van der Waals surface area contributed by atoms with Gasteiger partial charge in [0.05, 0.1) is 6.26 Å². The maximum Gasteiger partial charge on any atom is 0.228 e. The van der Waals surface area contributed by atoms with Crippen LogP contribution in [0.2, 0.25) is 13.1 Å². The van der Waals surface area contributed by atoms with Crippen LogP contribution in [0.4, 0.5) is 0 Å². The molecule has 0 radical (unpaired) electrons. The highest BCUT2D eigenvalue weighted by Gasteiger charge is 2.08. The van der Waals surface area contributed by atoms with Crippen molar-refractivity contribution in [1.82, 2.24) is 0 Å². The van der Waals surface area contributed by atoms with E-state index in [1.807, 2.05) is 6.26 Å². The number of allylic oxidation sites excluding steroid dienone is 1. The summed E-state index contributed by atoms with van der Waals surface area (Å²) in [4.78, 5) is 0. The van der Waals surface area contributed by atoms with Crippen molar-refractivity contribution in [3.8, 4) is 0 Å². The molecule has 0 unspecified atom stereocenters. The van der Waals surface area contributed by atoms with Gasteiger partial charge in [-0.15, -0.1) is 0 Å². The normalized spacial score (nSPS) is 12.7. The zero-order chi connectivity index (χ0) is 11.0. The minimum Gasteiger partial charge on any atom is -0.553 e. The Balaban J connectivity index is 3.26. The van der Waals surface area contributed by atoms with E-state index in [1.165, 1.54) is 19.3 Å². The Bertz CT molecular complexity index is 156. The summed E-state index contributed by atoms with van der Waals surface area (Å²) in [5, 5.41) is 0. The van der Waals surface area contributed by atoms with Crippen LogP contribution >= 0.6 is 0 Å². The molecule has 0 aromatic carbocycles. The zero-order valence-corrected chi connectivity index (χ0v) is 11.6. The van der Waals surface area contributed by atoms with Gasteiger partial charge in [0.1, 0.15) is 0 Å². The van der Waals surface area contributed by atoms with Gasteiger partial charge in [0.2, 0.25) is 9.04 Å². The lowest BCUT2D eigenvalue weighted by Crippen LogP contribution is -2.03. The van der Waals surface area contributed by atoms with Crippen LogP contribution in [0.5, 0.6) is 0 Å². The van der Waals surface area contributed by atoms with Crippen molar-refractivity contribution in [1.29, 1.82) is 0 Å². The van der Waals surface area contributed by atoms with E-state index in [4.69, 9.17) is 4.43 Å². The van der Waals surface area contributed by atoms with Crippen LogP contribution < -0.4 is 0 Å². The molecular weight excluding hydrogens is 188 g/mol. The Kier molecular flexibility index (Phi) is 6.98. The average molecular weight is 214 g/mol. The van der Waals surface area contributed by atoms with Crippen molar-refractivity contribution in [2.24, 2.45) is 5.41 Å². The molecule has 84 valence electrons. The summed E-state index contributed by atoms with van der Waals surface area (Å²) in [5.41, 5.74) is 0.491. The van der Waals surface area contributed by atoms with Crippen LogP contribution in [0.3, 0.4) is 0 Å². The second kappa shape index (κ2) is 7.10. The van der Waals surface area contributed by atoms with Gasteiger partial charge in [0.15, 0.2) is 0 Å². The summed E-state index contributed by atoms with van der Waals surface area (Å²) in [7, 11) is -0.844. The summed E-state index contributed by atoms with van der Waals surface area (Å²) in [6.07, 6.45) is 9.16. The van der Waals surface area contributed by atoms with Gasteiger partial charge >= 0.3 is 0 Å². The molecule has 0 fully saturated rings. The predicted octanol–water partition coefficient (Wildman–Crippen LogP) is 4.11. The van der Waals surface area contributed by atoms with Crippen molar-refractivity contribution in [3.05, 3.63) is 12.3 Å². The monoisotopic (exact) mass is 214 g/mol. The molecule has 0 amide bonds. The standard InChI is InChI=1S/C12H26OSi/c1-12(2,3)10-8-6-7-9-11-13-14(4)5/h9,11,14H,6-8,10H2,1-5H3. The molecule has 0 saturated carbocycles. The molecule has 0 atom stereocenters. The highest BCUT2D eigenvalue weighted by Crippen LogP contribution is 2.21. The van der Waals surface area contributed by atoms with Gasteiger partial charge in [-0.05, 0) is 37.8 Å².